The summed E-state index contributed by atoms with van der Waals surface area (Å²) in [5.41, 5.74) is 0. The number of rotatable bonds is 3. The van der Waals surface area contributed by atoms with Crippen LogP contribution in [-0.4, -0.2) is 11.7 Å². The molecule has 0 spiro atoms. The van der Waals surface area contributed by atoms with Crippen LogP contribution in [0.15, 0.2) is 12.2 Å². The fourth-order valence-corrected chi connectivity index (χ4v) is 0.429. The summed E-state index contributed by atoms with van der Waals surface area (Å²) in [7, 11) is 0. The van der Waals surface area contributed by atoms with Crippen LogP contribution in [0.25, 0.3) is 0 Å². The van der Waals surface area contributed by atoms with Crippen LogP contribution < -0.4 is 0 Å². The fourth-order valence-electron chi connectivity index (χ4n) is 0.429. The van der Waals surface area contributed by atoms with Crippen LogP contribution in [0.4, 0.5) is 0 Å². The van der Waals surface area contributed by atoms with Crippen LogP contribution >= 0.6 is 0 Å². The molecule has 0 bridgehead atoms. The second-order valence-corrected chi connectivity index (χ2v) is 2.00. The lowest BCUT2D eigenvalue weighted by atomic mass is 10.1. The average molecular weight is 114 g/mol. The molecule has 1 unspecified atom stereocenters. The zero-order valence-corrected chi connectivity index (χ0v) is 5.59. The molecule has 0 rings (SSSR count). The standard InChI is InChI=1S/C7H14O/c1-3-7(2)5-4-6-8/h4-5,7-8H,3,6H2,1-2H3. The summed E-state index contributed by atoms with van der Waals surface area (Å²) in [5, 5.41) is 8.32. The SMILES string of the molecule is CCC(C)C=CCO. The van der Waals surface area contributed by atoms with E-state index in [0.29, 0.717) is 5.92 Å². The molecule has 0 heterocycles. The third kappa shape index (κ3) is 3.88. The first-order valence-corrected chi connectivity index (χ1v) is 3.08. The first-order valence-electron chi connectivity index (χ1n) is 3.08. The van der Waals surface area contributed by atoms with E-state index in [1.54, 1.807) is 6.08 Å². The molecule has 1 nitrogen and oxygen atoms in total. The molecule has 0 saturated heterocycles. The van der Waals surface area contributed by atoms with Crippen molar-refractivity contribution in [1.29, 1.82) is 0 Å². The Labute approximate surface area is 51.0 Å². The number of aliphatic hydroxyl groups excluding tert-OH is 1. The van der Waals surface area contributed by atoms with E-state index in [0.717, 1.165) is 6.42 Å². The number of hydrogen-bond donors (Lipinski definition) is 1. The minimum Gasteiger partial charge on any atom is -0.392 e. The Morgan fingerprint density at radius 2 is 2.25 bits per heavy atom. The van der Waals surface area contributed by atoms with E-state index >= 15 is 0 Å². The van der Waals surface area contributed by atoms with Gasteiger partial charge in [0, 0.05) is 0 Å². The zero-order chi connectivity index (χ0) is 6.41. The molecule has 0 amide bonds. The quantitative estimate of drug-likeness (QED) is 0.552. The molecule has 0 saturated carbocycles. The maximum absolute atomic E-state index is 8.32. The minimum atomic E-state index is 0.171. The second kappa shape index (κ2) is 4.85. The summed E-state index contributed by atoms with van der Waals surface area (Å²) < 4.78 is 0. The van der Waals surface area contributed by atoms with Gasteiger partial charge in [0.05, 0.1) is 6.61 Å². The van der Waals surface area contributed by atoms with E-state index in [-0.39, 0.29) is 6.61 Å². The first-order chi connectivity index (χ1) is 3.81. The molecule has 1 atom stereocenters. The van der Waals surface area contributed by atoms with Crippen LogP contribution in [0.2, 0.25) is 0 Å². The van der Waals surface area contributed by atoms with Crippen LogP contribution in [0.5, 0.6) is 0 Å². The molecule has 0 aromatic carbocycles. The van der Waals surface area contributed by atoms with Gasteiger partial charge in [-0.25, -0.2) is 0 Å². The fraction of sp³-hybridized carbons (Fsp3) is 0.714. The van der Waals surface area contributed by atoms with Crippen molar-refractivity contribution in [1.82, 2.24) is 0 Å². The van der Waals surface area contributed by atoms with Crippen LogP contribution in [0.3, 0.4) is 0 Å². The third-order valence-electron chi connectivity index (χ3n) is 1.21. The smallest absolute Gasteiger partial charge is 0.0612 e. The lowest BCUT2D eigenvalue weighted by Crippen LogP contribution is -1.84. The predicted octanol–water partition coefficient (Wildman–Crippen LogP) is 1.58. The Bertz CT molecular complexity index is 66.8. The molecular formula is C7H14O. The van der Waals surface area contributed by atoms with Crippen molar-refractivity contribution < 1.29 is 5.11 Å². The molecule has 0 aliphatic carbocycles. The molecule has 48 valence electrons. The highest BCUT2D eigenvalue weighted by Gasteiger charge is 1.87. The van der Waals surface area contributed by atoms with Gasteiger partial charge in [0.15, 0.2) is 0 Å². The molecule has 0 aliphatic rings. The first kappa shape index (κ1) is 7.70. The van der Waals surface area contributed by atoms with Gasteiger partial charge >= 0.3 is 0 Å². The summed E-state index contributed by atoms with van der Waals surface area (Å²) in [5.74, 6) is 0.613. The van der Waals surface area contributed by atoms with E-state index in [9.17, 15) is 0 Å². The molecular weight excluding hydrogens is 100 g/mol. The van der Waals surface area contributed by atoms with Gasteiger partial charge in [0.2, 0.25) is 0 Å². The Kier molecular flexibility index (Phi) is 4.67. The van der Waals surface area contributed by atoms with Gasteiger partial charge in [-0.05, 0) is 5.92 Å². The summed E-state index contributed by atoms with van der Waals surface area (Å²) in [6.45, 7) is 4.43. The molecule has 8 heavy (non-hydrogen) atoms. The van der Waals surface area contributed by atoms with Crippen molar-refractivity contribution in [3.8, 4) is 0 Å². The summed E-state index contributed by atoms with van der Waals surface area (Å²) in [6, 6.07) is 0. The van der Waals surface area contributed by atoms with Crippen LogP contribution in [0, 0.1) is 5.92 Å². The van der Waals surface area contributed by atoms with Crippen molar-refractivity contribution in [2.75, 3.05) is 6.61 Å². The van der Waals surface area contributed by atoms with Crippen molar-refractivity contribution in [3.05, 3.63) is 12.2 Å². The average Bonchev–Trinajstić information content (AvgIpc) is 1.83. The molecule has 0 aliphatic heterocycles. The highest BCUT2D eigenvalue weighted by Crippen LogP contribution is 2.00. The van der Waals surface area contributed by atoms with Gasteiger partial charge in [0.25, 0.3) is 0 Å². The van der Waals surface area contributed by atoms with E-state index in [1.165, 1.54) is 0 Å². The highest BCUT2D eigenvalue weighted by molar-refractivity contribution is 4.84. The lowest BCUT2D eigenvalue weighted by molar-refractivity contribution is 0.341. The molecule has 0 fully saturated rings. The van der Waals surface area contributed by atoms with Crippen molar-refractivity contribution >= 4 is 0 Å². The Balaban J connectivity index is 3.21. The second-order valence-electron chi connectivity index (χ2n) is 2.00. The largest absolute Gasteiger partial charge is 0.392 e. The summed E-state index contributed by atoms with van der Waals surface area (Å²) >= 11 is 0. The van der Waals surface area contributed by atoms with E-state index in [4.69, 9.17) is 5.11 Å². The number of allylic oxidation sites excluding steroid dienone is 1. The van der Waals surface area contributed by atoms with Gasteiger partial charge in [-0.2, -0.15) is 0 Å². The number of hydrogen-bond acceptors (Lipinski definition) is 1. The van der Waals surface area contributed by atoms with E-state index in [2.05, 4.69) is 13.8 Å². The van der Waals surface area contributed by atoms with Crippen molar-refractivity contribution in [2.24, 2.45) is 5.92 Å². The normalized spacial score (nSPS) is 14.9. The molecule has 0 radical (unpaired) electrons. The van der Waals surface area contributed by atoms with Crippen molar-refractivity contribution in [2.45, 2.75) is 20.3 Å². The molecule has 0 aromatic rings. The van der Waals surface area contributed by atoms with Gasteiger partial charge in [0.1, 0.15) is 0 Å². The van der Waals surface area contributed by atoms with Gasteiger partial charge in [-0.3, -0.25) is 0 Å². The van der Waals surface area contributed by atoms with Gasteiger partial charge in [-0.15, -0.1) is 0 Å². The topological polar surface area (TPSA) is 20.2 Å². The molecule has 0 aromatic heterocycles. The summed E-state index contributed by atoms with van der Waals surface area (Å²) in [4.78, 5) is 0. The van der Waals surface area contributed by atoms with Crippen molar-refractivity contribution in [3.63, 3.8) is 0 Å². The zero-order valence-electron chi connectivity index (χ0n) is 5.59. The highest BCUT2D eigenvalue weighted by atomic mass is 16.2. The maximum Gasteiger partial charge on any atom is 0.0612 e. The molecule has 1 heteroatoms. The number of aliphatic hydroxyl groups is 1. The van der Waals surface area contributed by atoms with Crippen LogP contribution in [-0.2, 0) is 0 Å². The third-order valence-corrected chi connectivity index (χ3v) is 1.21. The Morgan fingerprint density at radius 3 is 2.62 bits per heavy atom. The predicted molar refractivity (Wildman–Crippen MR) is 35.7 cm³/mol. The van der Waals surface area contributed by atoms with Crippen LogP contribution in [0.1, 0.15) is 20.3 Å². The van der Waals surface area contributed by atoms with Gasteiger partial charge in [-0.1, -0.05) is 32.4 Å². The van der Waals surface area contributed by atoms with Gasteiger partial charge < -0.3 is 5.11 Å². The minimum absolute atomic E-state index is 0.171. The Hall–Kier alpha value is -0.300. The monoisotopic (exact) mass is 114 g/mol. The molecule has 1 N–H and O–H groups in total. The van der Waals surface area contributed by atoms with E-state index in [1.807, 2.05) is 6.08 Å². The van der Waals surface area contributed by atoms with E-state index < -0.39 is 0 Å². The maximum atomic E-state index is 8.32. The Morgan fingerprint density at radius 1 is 1.62 bits per heavy atom. The lowest BCUT2D eigenvalue weighted by Gasteiger charge is -1.96. The summed E-state index contributed by atoms with van der Waals surface area (Å²) in [6.07, 6.45) is 4.96.